The predicted octanol–water partition coefficient (Wildman–Crippen LogP) is 2.56. The van der Waals surface area contributed by atoms with Gasteiger partial charge >= 0.3 is 12.2 Å². The summed E-state index contributed by atoms with van der Waals surface area (Å²) in [6.45, 7) is 0.226. The fraction of sp³-hybridized carbons (Fsp3) is 0.385. The van der Waals surface area contributed by atoms with Gasteiger partial charge in [0, 0.05) is 18.3 Å². The maximum atomic E-state index is 12.6. The first-order valence-electron chi connectivity index (χ1n) is 6.17. The molecular formula is C13H12BrF3N2O2. The third-order valence-electron chi connectivity index (χ3n) is 3.11. The highest BCUT2D eigenvalue weighted by Crippen LogP contribution is 2.29. The van der Waals surface area contributed by atoms with E-state index in [1.165, 1.54) is 12.1 Å². The molecule has 1 aliphatic heterocycles. The monoisotopic (exact) mass is 364 g/mol. The first-order valence-corrected chi connectivity index (χ1v) is 7.29. The Kier molecular flexibility index (Phi) is 4.55. The van der Waals surface area contributed by atoms with E-state index in [0.29, 0.717) is 10.9 Å². The molecule has 21 heavy (non-hydrogen) atoms. The molecule has 0 radical (unpaired) electrons. The van der Waals surface area contributed by atoms with Crippen LogP contribution in [0.5, 0.6) is 0 Å². The highest BCUT2D eigenvalue weighted by Gasteiger charge is 2.37. The summed E-state index contributed by atoms with van der Waals surface area (Å²) in [5.41, 5.74) is -0.418. The number of carbonyl (C=O) groups excluding carboxylic acids is 2. The van der Waals surface area contributed by atoms with Crippen molar-refractivity contribution < 1.29 is 22.8 Å². The zero-order chi connectivity index (χ0) is 15.6. The Morgan fingerprint density at radius 3 is 2.62 bits per heavy atom. The van der Waals surface area contributed by atoms with Gasteiger partial charge < -0.3 is 5.32 Å². The molecular weight excluding hydrogens is 353 g/mol. The fourth-order valence-corrected chi connectivity index (χ4v) is 2.48. The number of imide groups is 1. The molecule has 1 atom stereocenters. The van der Waals surface area contributed by atoms with Crippen molar-refractivity contribution in [3.8, 4) is 0 Å². The Labute approximate surface area is 127 Å². The largest absolute Gasteiger partial charge is 0.416 e. The standard InChI is InChI=1S/C13H12BrF3N2O2/c14-4-5-19-11(20)10(18-12(19)21)7-8-2-1-3-9(6-8)13(15,16)17/h1-3,6,10H,4-5,7H2,(H,18,21). The van der Waals surface area contributed by atoms with E-state index >= 15 is 0 Å². The molecule has 1 N–H and O–H groups in total. The van der Waals surface area contributed by atoms with Gasteiger partial charge in [-0.25, -0.2) is 4.79 Å². The normalized spacial score (nSPS) is 19.0. The molecule has 1 heterocycles. The van der Waals surface area contributed by atoms with Crippen LogP contribution in [0.2, 0.25) is 0 Å². The van der Waals surface area contributed by atoms with Crippen molar-refractivity contribution in [3.05, 3.63) is 35.4 Å². The number of amides is 3. The van der Waals surface area contributed by atoms with Gasteiger partial charge in [0.25, 0.3) is 5.91 Å². The molecule has 8 heteroatoms. The van der Waals surface area contributed by atoms with Gasteiger partial charge in [-0.15, -0.1) is 0 Å². The second-order valence-corrected chi connectivity index (χ2v) is 5.38. The van der Waals surface area contributed by atoms with Crippen LogP contribution in [0.15, 0.2) is 24.3 Å². The van der Waals surface area contributed by atoms with Crippen LogP contribution in [-0.4, -0.2) is 34.8 Å². The topological polar surface area (TPSA) is 49.4 Å². The Bertz CT molecular complexity index is 563. The van der Waals surface area contributed by atoms with Crippen LogP contribution in [0.1, 0.15) is 11.1 Å². The van der Waals surface area contributed by atoms with Crippen molar-refractivity contribution in [1.29, 1.82) is 0 Å². The molecule has 0 spiro atoms. The van der Waals surface area contributed by atoms with Crippen molar-refractivity contribution in [2.75, 3.05) is 11.9 Å². The fourth-order valence-electron chi connectivity index (χ4n) is 2.12. The maximum absolute atomic E-state index is 12.6. The third kappa shape index (κ3) is 3.55. The zero-order valence-electron chi connectivity index (χ0n) is 10.8. The lowest BCUT2D eigenvalue weighted by Gasteiger charge is -2.12. The smallest absolute Gasteiger partial charge is 0.325 e. The summed E-state index contributed by atoms with van der Waals surface area (Å²) >= 11 is 3.13. The molecule has 1 unspecified atom stereocenters. The summed E-state index contributed by atoms with van der Waals surface area (Å²) in [4.78, 5) is 24.6. The molecule has 1 aromatic rings. The van der Waals surface area contributed by atoms with Crippen molar-refractivity contribution in [3.63, 3.8) is 0 Å². The van der Waals surface area contributed by atoms with Gasteiger partial charge in [-0.3, -0.25) is 9.69 Å². The Balaban J connectivity index is 2.13. The molecule has 1 fully saturated rings. The molecule has 114 valence electrons. The van der Waals surface area contributed by atoms with Crippen molar-refractivity contribution in [1.82, 2.24) is 10.2 Å². The van der Waals surface area contributed by atoms with Gasteiger partial charge in [0.1, 0.15) is 6.04 Å². The summed E-state index contributed by atoms with van der Waals surface area (Å²) < 4.78 is 37.9. The second-order valence-electron chi connectivity index (χ2n) is 4.58. The molecule has 0 saturated carbocycles. The van der Waals surface area contributed by atoms with Crippen LogP contribution < -0.4 is 5.32 Å². The average molecular weight is 365 g/mol. The average Bonchev–Trinajstić information content (AvgIpc) is 2.66. The number of urea groups is 1. The number of rotatable bonds is 4. The number of hydrogen-bond acceptors (Lipinski definition) is 2. The van der Waals surface area contributed by atoms with Gasteiger partial charge in [-0.2, -0.15) is 13.2 Å². The lowest BCUT2D eigenvalue weighted by molar-refractivity contribution is -0.137. The first kappa shape index (κ1) is 15.8. The minimum absolute atomic E-state index is 0.0350. The molecule has 0 aromatic heterocycles. The highest BCUT2D eigenvalue weighted by molar-refractivity contribution is 9.09. The van der Waals surface area contributed by atoms with Gasteiger partial charge in [-0.1, -0.05) is 34.1 Å². The summed E-state index contributed by atoms with van der Waals surface area (Å²) in [6.07, 6.45) is -4.39. The molecule has 1 saturated heterocycles. The zero-order valence-corrected chi connectivity index (χ0v) is 12.4. The number of nitrogens with zero attached hydrogens (tertiary/aromatic N) is 1. The van der Waals surface area contributed by atoms with Crippen LogP contribution in [0.3, 0.4) is 0 Å². The SMILES string of the molecule is O=C1NC(Cc2cccc(C(F)(F)F)c2)C(=O)N1CCBr. The van der Waals surface area contributed by atoms with Crippen LogP contribution in [0.25, 0.3) is 0 Å². The Hall–Kier alpha value is -1.57. The number of carbonyl (C=O) groups is 2. The number of benzene rings is 1. The van der Waals surface area contributed by atoms with Gasteiger partial charge in [0.15, 0.2) is 0 Å². The van der Waals surface area contributed by atoms with Crippen molar-refractivity contribution >= 4 is 27.9 Å². The van der Waals surface area contributed by atoms with Crippen LogP contribution in [0.4, 0.5) is 18.0 Å². The number of nitrogens with one attached hydrogen (secondary N) is 1. The quantitative estimate of drug-likeness (QED) is 0.659. The van der Waals surface area contributed by atoms with Crippen LogP contribution in [0, 0.1) is 0 Å². The molecule has 4 nitrogen and oxygen atoms in total. The van der Waals surface area contributed by atoms with E-state index in [4.69, 9.17) is 0 Å². The van der Waals surface area contributed by atoms with Crippen molar-refractivity contribution in [2.24, 2.45) is 0 Å². The van der Waals surface area contributed by atoms with E-state index in [1.807, 2.05) is 0 Å². The minimum Gasteiger partial charge on any atom is -0.325 e. The second kappa shape index (κ2) is 6.05. The van der Waals surface area contributed by atoms with E-state index < -0.39 is 29.7 Å². The number of alkyl halides is 4. The maximum Gasteiger partial charge on any atom is 0.416 e. The molecule has 2 rings (SSSR count). The number of hydrogen-bond donors (Lipinski definition) is 1. The van der Waals surface area contributed by atoms with Gasteiger partial charge in [0.2, 0.25) is 0 Å². The Morgan fingerprint density at radius 2 is 2.00 bits per heavy atom. The van der Waals surface area contributed by atoms with E-state index in [1.54, 1.807) is 0 Å². The summed E-state index contributed by atoms with van der Waals surface area (Å²) in [5.74, 6) is -0.420. The lowest BCUT2D eigenvalue weighted by Crippen LogP contribution is -2.33. The Morgan fingerprint density at radius 1 is 1.29 bits per heavy atom. The van der Waals surface area contributed by atoms with E-state index in [9.17, 15) is 22.8 Å². The van der Waals surface area contributed by atoms with Gasteiger partial charge in [-0.05, 0) is 11.6 Å². The van der Waals surface area contributed by atoms with Crippen LogP contribution >= 0.6 is 15.9 Å². The third-order valence-corrected chi connectivity index (χ3v) is 3.46. The predicted molar refractivity (Wildman–Crippen MR) is 73.0 cm³/mol. The summed E-state index contributed by atoms with van der Waals surface area (Å²) in [5, 5.41) is 2.93. The van der Waals surface area contributed by atoms with Gasteiger partial charge in [0.05, 0.1) is 5.56 Å². The molecule has 0 aliphatic carbocycles. The lowest BCUT2D eigenvalue weighted by atomic mass is 10.0. The summed E-state index contributed by atoms with van der Waals surface area (Å²) in [6, 6.07) is 3.41. The minimum atomic E-state index is -4.43. The highest BCUT2D eigenvalue weighted by atomic mass is 79.9. The first-order chi connectivity index (χ1) is 9.82. The van der Waals surface area contributed by atoms with E-state index in [-0.39, 0.29) is 13.0 Å². The van der Waals surface area contributed by atoms with E-state index in [2.05, 4.69) is 21.2 Å². The number of halogens is 4. The van der Waals surface area contributed by atoms with Crippen molar-refractivity contribution in [2.45, 2.75) is 18.6 Å². The molecule has 0 bridgehead atoms. The molecule has 3 amide bonds. The molecule has 1 aliphatic rings. The van der Waals surface area contributed by atoms with Crippen LogP contribution in [-0.2, 0) is 17.4 Å². The van der Waals surface area contributed by atoms with E-state index in [0.717, 1.165) is 17.0 Å². The molecule has 1 aromatic carbocycles. The summed E-state index contributed by atoms with van der Waals surface area (Å²) in [7, 11) is 0.